The lowest BCUT2D eigenvalue weighted by atomic mass is 9.85. The Morgan fingerprint density at radius 2 is 1.55 bits per heavy atom. The van der Waals surface area contributed by atoms with Crippen LogP contribution in [0.5, 0.6) is 11.8 Å². The first-order valence-electron chi connectivity index (χ1n) is 36.2. The van der Waals surface area contributed by atoms with Gasteiger partial charge in [0, 0.05) is 82.4 Å². The number of thiazole rings is 1. The van der Waals surface area contributed by atoms with E-state index in [-0.39, 0.29) is 120 Å². The molecular formula is C77H103F2N11O9SSi. The zero-order valence-corrected chi connectivity index (χ0v) is 63.2. The van der Waals surface area contributed by atoms with Gasteiger partial charge >= 0.3 is 12.1 Å². The second-order valence-corrected chi connectivity index (χ2v) is 37.9. The van der Waals surface area contributed by atoms with Crippen LogP contribution in [0, 0.1) is 41.4 Å². The zero-order valence-electron chi connectivity index (χ0n) is 61.4. The number of aromatic nitrogens is 4. The predicted octanol–water partition coefficient (Wildman–Crippen LogP) is 12.4. The highest BCUT2D eigenvalue weighted by atomic mass is 32.1. The molecule has 24 heteroatoms. The van der Waals surface area contributed by atoms with Crippen LogP contribution in [0.25, 0.3) is 43.4 Å². The number of methoxy groups -OCH3 is 1. The summed E-state index contributed by atoms with van der Waals surface area (Å²) >= 11 is 1.57. The Morgan fingerprint density at radius 1 is 0.851 bits per heavy atom. The van der Waals surface area contributed by atoms with Gasteiger partial charge in [-0.05, 0) is 149 Å². The SMILES string of the molecule is COCOc1cc(-c2ncc3c(N4CC5CCC(C4)N5C(=O)OC(C)(C)C)nc(OC[C@@H]4CCCN4CC4CCN(CCC(=O)N[C@H](C(=O)N5C[C@H](O)C[C@H]5C(=O)NCc5ccc(-c6scnc6C)cc5)C(C)(C)C)CC4)nc3c2F)c2c(C#C[Si](C(C)C)(C(C)C)C(C)C)c(F)ccc2c1. The van der Waals surface area contributed by atoms with Crippen molar-refractivity contribution in [2.24, 2.45) is 11.3 Å². The Kier molecular flexibility index (Phi) is 23.2. The van der Waals surface area contributed by atoms with Crippen LogP contribution in [-0.2, 0) is 30.4 Å². The number of piperazine rings is 1. The van der Waals surface area contributed by atoms with Gasteiger partial charge in [0.25, 0.3) is 0 Å². The molecule has 5 aliphatic rings. The van der Waals surface area contributed by atoms with Gasteiger partial charge in [-0.15, -0.1) is 16.9 Å². The fourth-order valence-corrected chi connectivity index (χ4v) is 22.3. The number of anilines is 1. The van der Waals surface area contributed by atoms with E-state index in [0.717, 1.165) is 86.4 Å². The molecule has 8 heterocycles. The third-order valence-electron chi connectivity index (χ3n) is 21.4. The van der Waals surface area contributed by atoms with Crippen molar-refractivity contribution in [3.8, 4) is 44.9 Å². The largest absolute Gasteiger partial charge is 0.468 e. The number of carbonyl (C=O) groups excluding carboxylic acids is 4. The van der Waals surface area contributed by atoms with E-state index in [0.29, 0.717) is 53.3 Å². The molecule has 3 N–H and O–H groups in total. The number of halogens is 2. The number of hydrogen-bond acceptors (Lipinski definition) is 17. The number of aryl methyl sites for hydroxylation is 1. The molecule has 0 radical (unpaired) electrons. The molecule has 11 rings (SSSR count). The minimum atomic E-state index is -2.38. The van der Waals surface area contributed by atoms with E-state index in [1.807, 2.05) is 83.1 Å². The molecule has 0 saturated carbocycles. The molecular weight excluding hydrogens is 1320 g/mol. The maximum absolute atomic E-state index is 18.4. The minimum absolute atomic E-state index is 0.00314. The van der Waals surface area contributed by atoms with Crippen molar-refractivity contribution < 1.29 is 52.0 Å². The number of hydrogen-bond donors (Lipinski definition) is 3. The van der Waals surface area contributed by atoms with E-state index in [1.165, 1.54) is 18.1 Å². The van der Waals surface area contributed by atoms with Gasteiger partial charge in [-0.2, -0.15) is 9.97 Å². The van der Waals surface area contributed by atoms with Crippen LogP contribution in [0.15, 0.2) is 60.2 Å². The average molecular weight is 1420 g/mol. The molecule has 544 valence electrons. The normalized spacial score (nSPS) is 20.5. The summed E-state index contributed by atoms with van der Waals surface area (Å²) in [5.41, 5.74) is 8.23. The molecule has 0 spiro atoms. The summed E-state index contributed by atoms with van der Waals surface area (Å²) in [4.78, 5) is 86.2. The molecule has 2 unspecified atom stereocenters. The fraction of sp³-hybridized carbons (Fsp3) is 0.584. The van der Waals surface area contributed by atoms with Crippen molar-refractivity contribution in [1.29, 1.82) is 0 Å². The Labute approximate surface area is 599 Å². The minimum Gasteiger partial charge on any atom is -0.468 e. The maximum atomic E-state index is 18.4. The summed E-state index contributed by atoms with van der Waals surface area (Å²) < 4.78 is 59.0. The quantitative estimate of drug-likeness (QED) is 0.0327. The van der Waals surface area contributed by atoms with Gasteiger partial charge in [0.2, 0.25) is 17.7 Å². The van der Waals surface area contributed by atoms with E-state index in [2.05, 4.69) is 83.3 Å². The number of aliphatic hydroxyl groups excluding tert-OH is 1. The average Bonchev–Trinajstić information content (AvgIpc) is 1.06. The number of benzene rings is 3. The first-order valence-corrected chi connectivity index (χ1v) is 39.3. The number of nitrogens with one attached hydrogen (secondary N) is 2. The van der Waals surface area contributed by atoms with Crippen LogP contribution in [0.4, 0.5) is 19.4 Å². The van der Waals surface area contributed by atoms with E-state index in [4.69, 9.17) is 33.9 Å². The number of piperidine rings is 1. The van der Waals surface area contributed by atoms with Crippen LogP contribution < -0.4 is 25.0 Å². The lowest BCUT2D eigenvalue weighted by molar-refractivity contribution is -0.144. The van der Waals surface area contributed by atoms with Crippen molar-refractivity contribution in [1.82, 2.24) is 50.2 Å². The molecule has 0 aliphatic carbocycles. The van der Waals surface area contributed by atoms with Crippen LogP contribution >= 0.6 is 11.3 Å². The first kappa shape index (κ1) is 74.8. The van der Waals surface area contributed by atoms with Crippen molar-refractivity contribution >= 4 is 70.7 Å². The summed E-state index contributed by atoms with van der Waals surface area (Å²) in [6, 6.07) is 12.3. The number of likely N-dealkylation sites (tertiary alicyclic amines) is 3. The Morgan fingerprint density at radius 3 is 2.20 bits per heavy atom. The second kappa shape index (κ2) is 31.3. The topological polar surface area (TPSA) is 217 Å². The van der Waals surface area contributed by atoms with Gasteiger partial charge in [-0.1, -0.05) is 98.6 Å². The molecule has 20 nitrogen and oxygen atoms in total. The van der Waals surface area contributed by atoms with Crippen molar-refractivity contribution in [2.75, 3.05) is 77.8 Å². The van der Waals surface area contributed by atoms with Gasteiger partial charge in [0.05, 0.1) is 45.2 Å². The fourth-order valence-electron chi connectivity index (χ4n) is 16.2. The van der Waals surface area contributed by atoms with Crippen molar-refractivity contribution in [3.63, 3.8) is 0 Å². The molecule has 4 amide bonds. The molecule has 5 aliphatic heterocycles. The van der Waals surface area contributed by atoms with E-state index in [1.54, 1.807) is 35.7 Å². The number of fused-ring (bicyclic) bond motifs is 4. The van der Waals surface area contributed by atoms with Gasteiger partial charge in [0.15, 0.2) is 12.6 Å². The Hall–Kier alpha value is -7.40. The van der Waals surface area contributed by atoms with Crippen molar-refractivity contribution in [3.05, 3.63) is 88.7 Å². The zero-order chi connectivity index (χ0) is 72.4. The third kappa shape index (κ3) is 16.7. The number of β-amino-alcohol motifs (C(OH)–C–C–N with tert-alkyl or cyclic N) is 1. The number of amides is 4. The Balaban J connectivity index is 0.773. The molecule has 101 heavy (non-hydrogen) atoms. The van der Waals surface area contributed by atoms with Crippen molar-refractivity contribution in [2.45, 2.75) is 206 Å². The second-order valence-electron chi connectivity index (χ2n) is 31.5. The molecule has 3 aromatic heterocycles. The van der Waals surface area contributed by atoms with E-state index < -0.39 is 54.8 Å². The van der Waals surface area contributed by atoms with E-state index in [9.17, 15) is 24.3 Å². The molecule has 2 bridgehead atoms. The highest BCUT2D eigenvalue weighted by Gasteiger charge is 2.47. The summed E-state index contributed by atoms with van der Waals surface area (Å²) in [7, 11) is -0.866. The monoisotopic (exact) mass is 1420 g/mol. The Bertz CT molecular complexity index is 4010. The van der Waals surface area contributed by atoms with Crippen LogP contribution in [0.3, 0.4) is 0 Å². The molecule has 5 saturated heterocycles. The number of pyridine rings is 1. The number of ether oxygens (including phenoxy) is 4. The first-order chi connectivity index (χ1) is 48.0. The molecule has 6 atom stereocenters. The standard InChI is InChI=1S/C77H103F2N11O9SSi/c1-46(2)101(47(3)4,48(5)6)33-28-59-62(78)24-21-53-34-58(98-45-96-14)36-60(65(53)59)67-66(79)68-61(38-80-67)71(88-40-54-22-23-55(41-88)90(54)75(95)99-77(11,12)13)85-74(84-68)97-43-56-16-15-29-87(56)39-51-25-30-86(31-26-51)32-27-64(92)83-70(76(8,9)10)73(94)89-42-57(91)35-63(89)72(93)81-37-50-17-19-52(20-18-50)69-49(7)82-44-100-69/h17-21,24,34,36,38,44,46-48,51,54-57,63,70,91H,15-16,22-23,25-27,29-32,35,37,39-43,45H2,1-14H3,(H,81,93)(H,83,92)/t54?,55?,56-,57+,63-,70+/m0/s1. The molecule has 3 aromatic carbocycles. The van der Waals surface area contributed by atoms with Crippen LogP contribution in [0.2, 0.25) is 16.6 Å². The summed E-state index contributed by atoms with van der Waals surface area (Å²) in [6.07, 6.45) is 5.86. The maximum Gasteiger partial charge on any atom is 0.410 e. The van der Waals surface area contributed by atoms with Crippen LogP contribution in [0.1, 0.15) is 151 Å². The highest BCUT2D eigenvalue weighted by Crippen LogP contribution is 2.44. The number of aliphatic hydroxyl groups is 1. The lowest BCUT2D eigenvalue weighted by Gasteiger charge is -2.42. The predicted molar refractivity (Wildman–Crippen MR) is 393 cm³/mol. The number of nitrogens with zero attached hydrogens (tertiary/aromatic N) is 9. The number of rotatable bonds is 22. The third-order valence-corrected chi connectivity index (χ3v) is 28.7. The lowest BCUT2D eigenvalue weighted by Crippen LogP contribution is -2.58. The van der Waals surface area contributed by atoms with Gasteiger partial charge < -0.3 is 49.4 Å². The van der Waals surface area contributed by atoms with E-state index >= 15 is 8.78 Å². The smallest absolute Gasteiger partial charge is 0.410 e. The summed E-state index contributed by atoms with van der Waals surface area (Å²) in [5, 5.41) is 18.2. The number of carbonyl (C=O) groups is 4. The van der Waals surface area contributed by atoms with Crippen LogP contribution in [-0.4, -0.2) is 191 Å². The molecule has 6 aromatic rings. The molecule has 5 fully saturated rings. The van der Waals surface area contributed by atoms with Gasteiger partial charge in [-0.25, -0.2) is 18.6 Å². The van der Waals surface area contributed by atoms with Gasteiger partial charge in [0.1, 0.15) is 61.0 Å². The highest BCUT2D eigenvalue weighted by molar-refractivity contribution is 7.13. The summed E-state index contributed by atoms with van der Waals surface area (Å²) in [5.74, 6) is 2.28. The van der Waals surface area contributed by atoms with Gasteiger partial charge in [-0.3, -0.25) is 29.2 Å². The summed E-state index contributed by atoms with van der Waals surface area (Å²) in [6.45, 7) is 31.6.